The van der Waals surface area contributed by atoms with Crippen molar-refractivity contribution in [2.75, 3.05) is 52.9 Å². The lowest BCUT2D eigenvalue weighted by molar-refractivity contribution is -0.0889. The molecule has 0 aromatic rings. The van der Waals surface area contributed by atoms with Gasteiger partial charge in [-0.25, -0.2) is 4.39 Å². The van der Waals surface area contributed by atoms with Gasteiger partial charge in [0.25, 0.3) is 0 Å². The van der Waals surface area contributed by atoms with Crippen molar-refractivity contribution >= 4 is 0 Å². The molecule has 0 aromatic heterocycles. The Kier molecular flexibility index (Phi) is 12.2. The van der Waals surface area contributed by atoms with Crippen molar-refractivity contribution < 1.29 is 33.9 Å². The molecule has 0 fully saturated rings. The van der Waals surface area contributed by atoms with E-state index in [9.17, 15) is 9.50 Å². The maximum atomic E-state index is 12.7. The first-order valence-electron chi connectivity index (χ1n) is 6.83. The monoisotopic (exact) mass is 298 g/mol. The first-order valence-corrected chi connectivity index (χ1v) is 6.83. The fraction of sp³-hybridized carbons (Fsp3) is 1.00. The van der Waals surface area contributed by atoms with Gasteiger partial charge in [0.15, 0.2) is 0 Å². The molecule has 0 heterocycles. The summed E-state index contributed by atoms with van der Waals surface area (Å²) < 4.78 is 28.3. The minimum Gasteiger partial charge on any atom is -0.396 e. The SMILES string of the molecule is CC(CF)(CCO)OCCOCC(O)COCCCO. The van der Waals surface area contributed by atoms with E-state index < -0.39 is 18.4 Å². The Morgan fingerprint density at radius 1 is 1.05 bits per heavy atom. The number of rotatable bonds is 14. The fourth-order valence-electron chi connectivity index (χ4n) is 1.41. The summed E-state index contributed by atoms with van der Waals surface area (Å²) in [6.07, 6.45) is 0.0255. The van der Waals surface area contributed by atoms with Crippen LogP contribution >= 0.6 is 0 Å². The summed E-state index contributed by atoms with van der Waals surface area (Å²) in [5, 5.41) is 26.8. The molecule has 6 nitrogen and oxygen atoms in total. The van der Waals surface area contributed by atoms with E-state index in [0.29, 0.717) is 13.0 Å². The van der Waals surface area contributed by atoms with E-state index in [1.54, 1.807) is 6.92 Å². The third-order valence-corrected chi connectivity index (χ3v) is 2.67. The standard InChI is InChI=1S/C13H27FO6/c1-13(11-14,3-5-16)20-8-7-19-10-12(17)9-18-6-2-4-15/h12,15-17H,2-11H2,1H3. The molecule has 0 aromatic carbocycles. The first-order chi connectivity index (χ1) is 9.58. The number of hydrogen-bond donors (Lipinski definition) is 3. The second-order valence-corrected chi connectivity index (χ2v) is 4.79. The highest BCUT2D eigenvalue weighted by Gasteiger charge is 2.24. The number of aliphatic hydroxyl groups excluding tert-OH is 3. The van der Waals surface area contributed by atoms with Crippen molar-refractivity contribution in [1.29, 1.82) is 0 Å². The lowest BCUT2D eigenvalue weighted by Crippen LogP contribution is -2.34. The molecule has 122 valence electrons. The molecule has 0 aliphatic carbocycles. The van der Waals surface area contributed by atoms with Crippen LogP contribution in [-0.2, 0) is 14.2 Å². The topological polar surface area (TPSA) is 88.4 Å². The van der Waals surface area contributed by atoms with Gasteiger partial charge in [-0.1, -0.05) is 0 Å². The zero-order valence-corrected chi connectivity index (χ0v) is 12.1. The average Bonchev–Trinajstić information content (AvgIpc) is 2.43. The van der Waals surface area contributed by atoms with Crippen LogP contribution in [-0.4, -0.2) is 79.9 Å². The third kappa shape index (κ3) is 10.5. The zero-order valence-electron chi connectivity index (χ0n) is 12.1. The van der Waals surface area contributed by atoms with Crippen LogP contribution in [0.2, 0.25) is 0 Å². The van der Waals surface area contributed by atoms with E-state index in [4.69, 9.17) is 24.4 Å². The maximum Gasteiger partial charge on any atom is 0.118 e. The van der Waals surface area contributed by atoms with Gasteiger partial charge in [0, 0.05) is 26.2 Å². The van der Waals surface area contributed by atoms with Gasteiger partial charge in [-0.2, -0.15) is 0 Å². The van der Waals surface area contributed by atoms with Crippen molar-refractivity contribution in [2.45, 2.75) is 31.5 Å². The molecule has 0 radical (unpaired) electrons. The van der Waals surface area contributed by atoms with Crippen LogP contribution in [0.4, 0.5) is 4.39 Å². The van der Waals surface area contributed by atoms with Crippen LogP contribution in [0.1, 0.15) is 19.8 Å². The molecule has 7 heteroatoms. The second kappa shape index (κ2) is 12.4. The predicted octanol–water partition coefficient (Wildman–Crippen LogP) is -0.110. The predicted molar refractivity (Wildman–Crippen MR) is 71.4 cm³/mol. The molecule has 20 heavy (non-hydrogen) atoms. The Morgan fingerprint density at radius 2 is 1.70 bits per heavy atom. The van der Waals surface area contributed by atoms with Gasteiger partial charge >= 0.3 is 0 Å². The Hall–Kier alpha value is -0.310. The molecule has 0 amide bonds. The molecule has 0 aliphatic rings. The molecule has 3 N–H and O–H groups in total. The van der Waals surface area contributed by atoms with E-state index in [0.717, 1.165) is 0 Å². The van der Waals surface area contributed by atoms with Gasteiger partial charge in [-0.3, -0.25) is 0 Å². The molecular weight excluding hydrogens is 271 g/mol. The van der Waals surface area contributed by atoms with Gasteiger partial charge < -0.3 is 29.5 Å². The van der Waals surface area contributed by atoms with Crippen LogP contribution in [0.5, 0.6) is 0 Å². The van der Waals surface area contributed by atoms with Crippen LogP contribution in [0.15, 0.2) is 0 Å². The third-order valence-electron chi connectivity index (χ3n) is 2.67. The first kappa shape index (κ1) is 19.7. The van der Waals surface area contributed by atoms with Crippen LogP contribution in [0.3, 0.4) is 0 Å². The molecule has 0 spiro atoms. The van der Waals surface area contributed by atoms with E-state index in [-0.39, 0.29) is 46.1 Å². The molecule has 0 saturated carbocycles. The minimum absolute atomic E-state index is 0.0606. The van der Waals surface area contributed by atoms with Crippen molar-refractivity contribution in [3.8, 4) is 0 Å². The van der Waals surface area contributed by atoms with Gasteiger partial charge in [0.2, 0.25) is 0 Å². The molecule has 0 aliphatic heterocycles. The normalized spacial score (nSPS) is 16.1. The van der Waals surface area contributed by atoms with E-state index in [1.807, 2.05) is 0 Å². The minimum atomic E-state index is -0.982. The summed E-state index contributed by atoms with van der Waals surface area (Å²) in [6, 6.07) is 0. The van der Waals surface area contributed by atoms with Crippen LogP contribution < -0.4 is 0 Å². The zero-order chi connectivity index (χ0) is 15.3. The van der Waals surface area contributed by atoms with Crippen molar-refractivity contribution in [2.24, 2.45) is 0 Å². The highest BCUT2D eigenvalue weighted by atomic mass is 19.1. The van der Waals surface area contributed by atoms with Crippen molar-refractivity contribution in [3.63, 3.8) is 0 Å². The van der Waals surface area contributed by atoms with E-state index >= 15 is 0 Å². The summed E-state index contributed by atoms with van der Waals surface area (Å²) in [5.41, 5.74) is -0.982. The molecule has 0 bridgehead atoms. The fourth-order valence-corrected chi connectivity index (χ4v) is 1.41. The highest BCUT2D eigenvalue weighted by molar-refractivity contribution is 4.73. The summed E-state index contributed by atoms with van der Waals surface area (Å²) in [6.45, 7) is 1.92. The smallest absolute Gasteiger partial charge is 0.118 e. The molecule has 0 saturated heterocycles. The molecular formula is C13H27FO6. The summed E-state index contributed by atoms with van der Waals surface area (Å²) in [5.74, 6) is 0. The summed E-state index contributed by atoms with van der Waals surface area (Å²) in [7, 11) is 0. The Bertz CT molecular complexity index is 219. The number of halogens is 1. The second-order valence-electron chi connectivity index (χ2n) is 4.79. The summed E-state index contributed by atoms with van der Waals surface area (Å²) in [4.78, 5) is 0. The maximum absolute atomic E-state index is 12.7. The lowest BCUT2D eigenvalue weighted by Gasteiger charge is -2.26. The van der Waals surface area contributed by atoms with Gasteiger partial charge in [0.1, 0.15) is 12.8 Å². The molecule has 2 unspecified atom stereocenters. The number of ether oxygens (including phenoxy) is 3. The van der Waals surface area contributed by atoms with Gasteiger partial charge in [-0.05, 0) is 13.3 Å². The van der Waals surface area contributed by atoms with E-state index in [1.165, 1.54) is 0 Å². The van der Waals surface area contributed by atoms with Crippen LogP contribution in [0, 0.1) is 0 Å². The summed E-state index contributed by atoms with van der Waals surface area (Å²) >= 11 is 0. The van der Waals surface area contributed by atoms with E-state index in [2.05, 4.69) is 0 Å². The van der Waals surface area contributed by atoms with Gasteiger partial charge in [0.05, 0.1) is 32.0 Å². The highest BCUT2D eigenvalue weighted by Crippen LogP contribution is 2.15. The van der Waals surface area contributed by atoms with Gasteiger partial charge in [-0.15, -0.1) is 0 Å². The largest absolute Gasteiger partial charge is 0.396 e. The van der Waals surface area contributed by atoms with Crippen LogP contribution in [0.25, 0.3) is 0 Å². The lowest BCUT2D eigenvalue weighted by atomic mass is 10.1. The number of hydrogen-bond acceptors (Lipinski definition) is 6. The molecule has 0 rings (SSSR count). The average molecular weight is 298 g/mol. The number of aliphatic hydroxyl groups is 3. The quantitative estimate of drug-likeness (QED) is 0.388. The van der Waals surface area contributed by atoms with Crippen molar-refractivity contribution in [1.82, 2.24) is 0 Å². The number of alkyl halides is 1. The Morgan fingerprint density at radius 3 is 2.25 bits per heavy atom. The Balaban J connectivity index is 3.50. The van der Waals surface area contributed by atoms with Crippen molar-refractivity contribution in [3.05, 3.63) is 0 Å². The Labute approximate surface area is 119 Å². The molecule has 2 atom stereocenters.